The monoisotopic (exact) mass is 627 g/mol. The summed E-state index contributed by atoms with van der Waals surface area (Å²) in [5.74, 6) is -4.92. The van der Waals surface area contributed by atoms with Gasteiger partial charge in [-0.1, -0.05) is 0 Å². The van der Waals surface area contributed by atoms with Crippen LogP contribution in [0.4, 0.5) is 17.6 Å². The van der Waals surface area contributed by atoms with E-state index in [-0.39, 0.29) is 22.3 Å². The Morgan fingerprint density at radius 2 is 0.875 bits per heavy atom. The van der Waals surface area contributed by atoms with E-state index in [1.54, 1.807) is 36.4 Å². The smallest absolute Gasteiger partial charge is 0.141 e. The van der Waals surface area contributed by atoms with E-state index in [1.807, 2.05) is 6.07 Å². The first-order valence-electron chi connectivity index (χ1n) is 12.9. The topological polar surface area (TPSA) is 214 Å². The maximum absolute atomic E-state index is 15.5. The number of rotatable bonds is 2. The van der Waals surface area contributed by atoms with Crippen LogP contribution in [0.5, 0.6) is 0 Å². The van der Waals surface area contributed by atoms with Gasteiger partial charge in [-0.3, -0.25) is 0 Å². The lowest BCUT2D eigenvalue weighted by atomic mass is 9.86. The van der Waals surface area contributed by atoms with E-state index in [9.17, 15) is 45.6 Å². The molecule has 0 N–H and O–H groups in total. The number of benzene rings is 3. The van der Waals surface area contributed by atoms with E-state index in [1.165, 1.54) is 12.1 Å². The fourth-order valence-electron chi connectivity index (χ4n) is 5.68. The summed E-state index contributed by atoms with van der Waals surface area (Å²) >= 11 is 0. The van der Waals surface area contributed by atoms with E-state index < -0.39 is 95.7 Å². The summed E-state index contributed by atoms with van der Waals surface area (Å²) in [4.78, 5) is 0. The van der Waals surface area contributed by atoms with Crippen LogP contribution in [0.1, 0.15) is 50.1 Å². The zero-order valence-corrected chi connectivity index (χ0v) is 23.4. The molecule has 0 saturated carbocycles. The molecule has 0 atom stereocenters. The highest BCUT2D eigenvalue weighted by atomic mass is 19.1. The lowest BCUT2D eigenvalue weighted by Crippen LogP contribution is -2.01. The molecule has 2 aliphatic carbocycles. The SMILES string of the molecule is N#CC(C#N)=C1C(c2cc(F)c(C#N)cc2F)=C(C#N)c2c1cc1c(c2C#N)C(=C(C#N)C#N)C(c2cc(F)c(C#N)cc2F)=C1C#N. The average molecular weight is 627 g/mol. The molecule has 0 heterocycles. The molecule has 0 fully saturated rings. The van der Waals surface area contributed by atoms with Crippen LogP contribution in [0, 0.1) is 125 Å². The van der Waals surface area contributed by atoms with E-state index in [4.69, 9.17) is 10.5 Å². The van der Waals surface area contributed by atoms with Crippen molar-refractivity contribution in [2.45, 2.75) is 0 Å². The molecule has 0 spiro atoms. The molecule has 48 heavy (non-hydrogen) atoms. The minimum absolute atomic E-state index is 0.269. The molecule has 0 amide bonds. The normalized spacial score (nSPS) is 12.1. The zero-order chi connectivity index (χ0) is 35.0. The second kappa shape index (κ2) is 11.7. The molecule has 0 aromatic heterocycles. The Hall–Kier alpha value is -8.25. The molecule has 0 radical (unpaired) electrons. The lowest BCUT2D eigenvalue weighted by Gasteiger charge is -2.14. The Bertz CT molecular complexity index is 2610. The third-order valence-electron chi connectivity index (χ3n) is 7.54. The first kappa shape index (κ1) is 31.2. The summed E-state index contributed by atoms with van der Waals surface area (Å²) in [7, 11) is 0. The molecule has 0 unspecified atom stereocenters. The van der Waals surface area contributed by atoms with E-state index in [0.717, 1.165) is 6.07 Å². The third kappa shape index (κ3) is 4.23. The summed E-state index contributed by atoms with van der Waals surface area (Å²) in [6, 6.07) is 17.9. The molecule has 0 saturated heterocycles. The summed E-state index contributed by atoms with van der Waals surface area (Å²) in [6.45, 7) is 0. The van der Waals surface area contributed by atoms with Gasteiger partial charge in [0.2, 0.25) is 0 Å². The minimum Gasteiger partial charge on any atom is -0.206 e. The first-order chi connectivity index (χ1) is 23.1. The van der Waals surface area contributed by atoms with Crippen molar-refractivity contribution >= 4 is 33.4 Å². The third-order valence-corrected chi connectivity index (χ3v) is 7.54. The van der Waals surface area contributed by atoms with Gasteiger partial charge in [0, 0.05) is 50.1 Å². The van der Waals surface area contributed by atoms with E-state index >= 15 is 8.78 Å². The van der Waals surface area contributed by atoms with Crippen LogP contribution in [0.25, 0.3) is 33.4 Å². The number of allylic oxidation sites excluding steroid dienone is 8. The van der Waals surface area contributed by atoms with Crippen molar-refractivity contribution in [3.8, 4) is 54.6 Å². The Kier molecular flexibility index (Phi) is 7.59. The van der Waals surface area contributed by atoms with Gasteiger partial charge in [-0.15, -0.1) is 0 Å². The second-order valence-electron chi connectivity index (χ2n) is 9.73. The van der Waals surface area contributed by atoms with Gasteiger partial charge in [-0.05, 0) is 35.9 Å². The van der Waals surface area contributed by atoms with Crippen molar-refractivity contribution < 1.29 is 17.6 Å². The predicted octanol–water partition coefficient (Wildman–Crippen LogP) is 6.36. The van der Waals surface area contributed by atoms with Gasteiger partial charge in [-0.25, -0.2) is 17.6 Å². The van der Waals surface area contributed by atoms with Crippen LogP contribution in [0.2, 0.25) is 0 Å². The minimum atomic E-state index is -1.24. The molecule has 0 bridgehead atoms. The fourth-order valence-corrected chi connectivity index (χ4v) is 5.68. The number of hydrogen-bond acceptors (Lipinski definition) is 9. The van der Waals surface area contributed by atoms with Crippen molar-refractivity contribution in [1.82, 2.24) is 0 Å². The number of halogens is 4. The molecule has 3 aromatic rings. The van der Waals surface area contributed by atoms with Gasteiger partial charge < -0.3 is 0 Å². The molecule has 0 aliphatic heterocycles. The summed E-state index contributed by atoms with van der Waals surface area (Å²) < 4.78 is 60.6. The summed E-state index contributed by atoms with van der Waals surface area (Å²) in [5.41, 5.74) is -9.15. The van der Waals surface area contributed by atoms with Crippen molar-refractivity contribution in [3.63, 3.8) is 0 Å². The van der Waals surface area contributed by atoms with Gasteiger partial charge >= 0.3 is 0 Å². The maximum atomic E-state index is 15.5. The number of fused-ring (bicyclic) bond motifs is 2. The lowest BCUT2D eigenvalue weighted by molar-refractivity contribution is 0.594. The standard InChI is InChI=1S/C35H5F4N9/c36-26-4-20(28(38)1-15(26)6-40)34-23(12-46)19-3-22-30(17(8-42)9-43)35(21-5-27(37)16(7-41)2-29(21)39)25(14-48)32(22)24(13-47)33(19)31(34)18(10-44)11-45/h1-5H. The van der Waals surface area contributed by atoms with Crippen molar-refractivity contribution in [2.24, 2.45) is 0 Å². The van der Waals surface area contributed by atoms with Crippen LogP contribution in [-0.2, 0) is 0 Å². The molecule has 13 heteroatoms. The molecule has 2 aliphatic rings. The number of hydrogen-bond donors (Lipinski definition) is 0. The maximum Gasteiger partial charge on any atom is 0.141 e. The highest BCUT2D eigenvalue weighted by Crippen LogP contribution is 2.56. The zero-order valence-electron chi connectivity index (χ0n) is 23.4. The predicted molar refractivity (Wildman–Crippen MR) is 154 cm³/mol. The first-order valence-corrected chi connectivity index (χ1v) is 12.9. The van der Waals surface area contributed by atoms with E-state index in [2.05, 4.69) is 0 Å². The highest BCUT2D eigenvalue weighted by molar-refractivity contribution is 6.31. The van der Waals surface area contributed by atoms with Crippen LogP contribution >= 0.6 is 0 Å². The van der Waals surface area contributed by atoms with Gasteiger partial charge in [0.05, 0.1) is 27.8 Å². The molecule has 218 valence electrons. The van der Waals surface area contributed by atoms with Gasteiger partial charge in [-0.2, -0.15) is 47.4 Å². The fraction of sp³-hybridized carbons (Fsp3) is 0. The van der Waals surface area contributed by atoms with Gasteiger partial charge in [0.15, 0.2) is 0 Å². The van der Waals surface area contributed by atoms with Crippen LogP contribution < -0.4 is 0 Å². The Morgan fingerprint density at radius 1 is 0.417 bits per heavy atom. The van der Waals surface area contributed by atoms with Crippen LogP contribution in [-0.4, -0.2) is 0 Å². The van der Waals surface area contributed by atoms with Crippen molar-refractivity contribution in [3.05, 3.63) is 115 Å². The molecular weight excluding hydrogens is 622 g/mol. The van der Waals surface area contributed by atoms with Crippen LogP contribution in [0.3, 0.4) is 0 Å². The number of nitriles is 9. The second-order valence-corrected chi connectivity index (χ2v) is 9.73. The van der Waals surface area contributed by atoms with E-state index in [0.29, 0.717) is 24.3 Å². The Morgan fingerprint density at radius 3 is 1.29 bits per heavy atom. The Balaban J connectivity index is 2.04. The molecule has 9 nitrogen and oxygen atoms in total. The highest BCUT2D eigenvalue weighted by Gasteiger charge is 2.41. The largest absolute Gasteiger partial charge is 0.206 e. The quantitative estimate of drug-likeness (QED) is 0.228. The summed E-state index contributed by atoms with van der Waals surface area (Å²) in [6.07, 6.45) is 0. The molecule has 5 rings (SSSR count). The Labute approximate surface area is 267 Å². The van der Waals surface area contributed by atoms with Gasteiger partial charge in [0.1, 0.15) is 89.0 Å². The average Bonchev–Trinajstić information content (AvgIpc) is 3.58. The summed E-state index contributed by atoms with van der Waals surface area (Å²) in [5, 5.41) is 89.0. The molecule has 3 aromatic carbocycles. The number of nitrogens with zero attached hydrogens (tertiary/aromatic N) is 9. The van der Waals surface area contributed by atoms with Crippen LogP contribution in [0.15, 0.2) is 41.5 Å². The molecular formula is C35H5F4N9. The van der Waals surface area contributed by atoms with Crippen molar-refractivity contribution in [2.75, 3.05) is 0 Å². The van der Waals surface area contributed by atoms with Crippen molar-refractivity contribution in [1.29, 1.82) is 47.4 Å². The van der Waals surface area contributed by atoms with Gasteiger partial charge in [0.25, 0.3) is 0 Å².